The number of anilines is 1. The van der Waals surface area contributed by atoms with E-state index in [0.29, 0.717) is 5.56 Å². The van der Waals surface area contributed by atoms with Crippen LogP contribution in [-0.2, 0) is 26.2 Å². The Balaban J connectivity index is 1.74. The molecule has 2 amide bonds. The molecule has 6 nitrogen and oxygen atoms in total. The van der Waals surface area contributed by atoms with Crippen LogP contribution in [0.5, 0.6) is 0 Å². The van der Waals surface area contributed by atoms with Gasteiger partial charge in [-0.15, -0.1) is 0 Å². The quantitative estimate of drug-likeness (QED) is 0.512. The first-order chi connectivity index (χ1) is 15.7. The van der Waals surface area contributed by atoms with Gasteiger partial charge in [0.1, 0.15) is 23.5 Å². The van der Waals surface area contributed by atoms with E-state index in [0.717, 1.165) is 57.7 Å². The molecule has 1 aliphatic rings. The summed E-state index contributed by atoms with van der Waals surface area (Å²) in [5.74, 6) is -3.20. The normalized spacial score (nSPS) is 16.6. The molecule has 1 saturated heterocycles. The first kappa shape index (κ1) is 22.7. The van der Waals surface area contributed by atoms with Gasteiger partial charge in [0, 0.05) is 6.54 Å². The molecule has 1 aliphatic heterocycles. The lowest BCUT2D eigenvalue weighted by Gasteiger charge is -2.27. The summed E-state index contributed by atoms with van der Waals surface area (Å²) in [6.45, 7) is -0.332. The predicted octanol–water partition coefficient (Wildman–Crippen LogP) is 3.63. The van der Waals surface area contributed by atoms with Gasteiger partial charge < -0.3 is 0 Å². The minimum atomic E-state index is -4.37. The minimum Gasteiger partial charge on any atom is -0.274 e. The van der Waals surface area contributed by atoms with Crippen LogP contribution in [0.4, 0.5) is 18.9 Å². The molecule has 4 rings (SSSR count). The van der Waals surface area contributed by atoms with Crippen LogP contribution in [0.15, 0.2) is 77.7 Å². The molecule has 0 saturated carbocycles. The standard InChI is InChI=1S/C23H17F3N2O4S/c24-16-3-1-15(2-4-16)14-27(33(31,32)20-11-7-18(26)8-12-20)21-13-22(29)28(23(21)30)19-9-5-17(25)6-10-19/h1-12,21H,13-14H2. The Morgan fingerprint density at radius 1 is 0.788 bits per heavy atom. The van der Waals surface area contributed by atoms with Crippen molar-refractivity contribution in [2.75, 3.05) is 4.90 Å². The second kappa shape index (κ2) is 8.80. The van der Waals surface area contributed by atoms with Crippen LogP contribution in [-0.4, -0.2) is 30.6 Å². The molecule has 0 bridgehead atoms. The van der Waals surface area contributed by atoms with Gasteiger partial charge >= 0.3 is 0 Å². The molecule has 1 unspecified atom stereocenters. The predicted molar refractivity (Wildman–Crippen MR) is 113 cm³/mol. The van der Waals surface area contributed by atoms with Crippen LogP contribution in [0.25, 0.3) is 0 Å². The highest BCUT2D eigenvalue weighted by atomic mass is 32.2. The molecule has 0 aromatic heterocycles. The van der Waals surface area contributed by atoms with E-state index in [1.54, 1.807) is 0 Å². The van der Waals surface area contributed by atoms with Gasteiger partial charge in [0.2, 0.25) is 15.9 Å². The number of nitrogens with zero attached hydrogens (tertiary/aromatic N) is 2. The minimum absolute atomic E-state index is 0.106. The van der Waals surface area contributed by atoms with E-state index in [4.69, 9.17) is 0 Å². The number of benzene rings is 3. The van der Waals surface area contributed by atoms with Crippen molar-refractivity contribution in [2.24, 2.45) is 0 Å². The van der Waals surface area contributed by atoms with E-state index in [2.05, 4.69) is 0 Å². The molecule has 10 heteroatoms. The van der Waals surface area contributed by atoms with E-state index < -0.39 is 51.8 Å². The van der Waals surface area contributed by atoms with Gasteiger partial charge in [0.25, 0.3) is 5.91 Å². The molecule has 1 fully saturated rings. The lowest BCUT2D eigenvalue weighted by molar-refractivity contribution is -0.122. The van der Waals surface area contributed by atoms with E-state index in [-0.39, 0.29) is 17.1 Å². The van der Waals surface area contributed by atoms with Gasteiger partial charge in [-0.2, -0.15) is 4.31 Å². The summed E-state index contributed by atoms with van der Waals surface area (Å²) >= 11 is 0. The maximum Gasteiger partial charge on any atom is 0.252 e. The Labute approximate surface area is 187 Å². The summed E-state index contributed by atoms with van der Waals surface area (Å²) < 4.78 is 67.7. The van der Waals surface area contributed by atoms with Crippen molar-refractivity contribution < 1.29 is 31.2 Å². The number of carbonyl (C=O) groups excluding carboxylic acids is 2. The molecule has 1 heterocycles. The number of amides is 2. The Morgan fingerprint density at radius 3 is 1.82 bits per heavy atom. The highest BCUT2D eigenvalue weighted by molar-refractivity contribution is 7.89. The zero-order valence-corrected chi connectivity index (χ0v) is 17.8. The number of halogens is 3. The number of hydrogen-bond donors (Lipinski definition) is 0. The van der Waals surface area contributed by atoms with Gasteiger partial charge in [-0.3, -0.25) is 9.59 Å². The summed E-state index contributed by atoms with van der Waals surface area (Å²) in [6, 6.07) is 12.3. The van der Waals surface area contributed by atoms with E-state index in [1.165, 1.54) is 24.3 Å². The van der Waals surface area contributed by atoms with Gasteiger partial charge in [0.15, 0.2) is 0 Å². The Morgan fingerprint density at radius 2 is 1.27 bits per heavy atom. The monoisotopic (exact) mass is 474 g/mol. The van der Waals surface area contributed by atoms with Crippen molar-refractivity contribution in [1.29, 1.82) is 0 Å². The molecule has 1 atom stereocenters. The number of sulfonamides is 1. The van der Waals surface area contributed by atoms with E-state index in [9.17, 15) is 31.2 Å². The van der Waals surface area contributed by atoms with E-state index in [1.807, 2.05) is 0 Å². The molecule has 170 valence electrons. The molecule has 3 aromatic carbocycles. The van der Waals surface area contributed by atoms with Crippen molar-refractivity contribution >= 4 is 27.5 Å². The van der Waals surface area contributed by atoms with Gasteiger partial charge in [-0.05, 0) is 66.2 Å². The van der Waals surface area contributed by atoms with Crippen LogP contribution in [0.2, 0.25) is 0 Å². The van der Waals surface area contributed by atoms with Gasteiger partial charge in [-0.25, -0.2) is 26.5 Å². The lowest BCUT2D eigenvalue weighted by atomic mass is 10.2. The summed E-state index contributed by atoms with van der Waals surface area (Å²) in [4.78, 5) is 26.4. The number of imide groups is 1. The van der Waals surface area contributed by atoms with Gasteiger partial charge in [0.05, 0.1) is 17.0 Å². The van der Waals surface area contributed by atoms with Crippen LogP contribution in [0.3, 0.4) is 0 Å². The molecule has 0 aliphatic carbocycles. The molecule has 33 heavy (non-hydrogen) atoms. The van der Waals surface area contributed by atoms with E-state index >= 15 is 0 Å². The Hall–Kier alpha value is -3.50. The maximum absolute atomic E-state index is 13.4. The fraction of sp³-hybridized carbons (Fsp3) is 0.130. The fourth-order valence-corrected chi connectivity index (χ4v) is 5.15. The van der Waals surface area contributed by atoms with Crippen molar-refractivity contribution in [1.82, 2.24) is 4.31 Å². The largest absolute Gasteiger partial charge is 0.274 e. The summed E-state index contributed by atoms with van der Waals surface area (Å²) in [5.41, 5.74) is 0.484. The fourth-order valence-electron chi connectivity index (χ4n) is 3.58. The summed E-state index contributed by atoms with van der Waals surface area (Å²) in [5, 5.41) is 0. The average Bonchev–Trinajstić information content (AvgIpc) is 3.07. The van der Waals surface area contributed by atoms with Crippen molar-refractivity contribution in [3.05, 3.63) is 95.8 Å². The first-order valence-corrected chi connectivity index (χ1v) is 11.2. The molecule has 3 aromatic rings. The third-order valence-corrected chi connectivity index (χ3v) is 7.10. The average molecular weight is 474 g/mol. The maximum atomic E-state index is 13.4. The molecule has 0 radical (unpaired) electrons. The zero-order valence-electron chi connectivity index (χ0n) is 17.0. The SMILES string of the molecule is O=C1CC(N(Cc2ccc(F)cc2)S(=O)(=O)c2ccc(F)cc2)C(=O)N1c1ccc(F)cc1. The highest BCUT2D eigenvalue weighted by Gasteiger charge is 2.47. The second-order valence-electron chi connectivity index (χ2n) is 7.39. The highest BCUT2D eigenvalue weighted by Crippen LogP contribution is 2.31. The molecular weight excluding hydrogens is 457 g/mol. The van der Waals surface area contributed by atoms with Crippen LogP contribution in [0, 0.1) is 17.5 Å². The second-order valence-corrected chi connectivity index (χ2v) is 9.28. The number of rotatable bonds is 6. The molecular formula is C23H17F3N2O4S. The topological polar surface area (TPSA) is 74.8 Å². The first-order valence-electron chi connectivity index (χ1n) is 9.81. The smallest absolute Gasteiger partial charge is 0.252 e. The van der Waals surface area contributed by atoms with Crippen LogP contribution in [0.1, 0.15) is 12.0 Å². The molecule has 0 N–H and O–H groups in total. The van der Waals surface area contributed by atoms with Crippen LogP contribution >= 0.6 is 0 Å². The Kier molecular flexibility index (Phi) is 6.05. The number of hydrogen-bond acceptors (Lipinski definition) is 4. The van der Waals surface area contributed by atoms with Crippen molar-refractivity contribution in [2.45, 2.75) is 23.9 Å². The summed E-state index contributed by atoms with van der Waals surface area (Å²) in [7, 11) is -4.37. The lowest BCUT2D eigenvalue weighted by Crippen LogP contribution is -2.45. The third-order valence-electron chi connectivity index (χ3n) is 5.23. The van der Waals surface area contributed by atoms with Crippen molar-refractivity contribution in [3.8, 4) is 0 Å². The Bertz CT molecular complexity index is 1300. The van der Waals surface area contributed by atoms with Crippen LogP contribution < -0.4 is 4.90 Å². The van der Waals surface area contributed by atoms with Gasteiger partial charge in [-0.1, -0.05) is 12.1 Å². The third kappa shape index (κ3) is 4.53. The zero-order chi connectivity index (χ0) is 23.8. The van der Waals surface area contributed by atoms with Crippen molar-refractivity contribution in [3.63, 3.8) is 0 Å². The number of carbonyl (C=O) groups is 2. The summed E-state index contributed by atoms with van der Waals surface area (Å²) in [6.07, 6.45) is -0.447. The molecule has 0 spiro atoms.